The third-order valence-corrected chi connectivity index (χ3v) is 2.98. The Balaban J connectivity index is 2.39. The number of hydrogen-bond donors (Lipinski definition) is 2. The van der Waals surface area contributed by atoms with Crippen LogP contribution in [0.4, 0.5) is 0 Å². The maximum Gasteiger partial charge on any atom is 0.304 e. The van der Waals surface area contributed by atoms with Crippen LogP contribution in [-0.4, -0.2) is 24.2 Å². The first kappa shape index (κ1) is 10.5. The summed E-state index contributed by atoms with van der Waals surface area (Å²) in [5.74, 6) is -0.111. The second-order valence-electron chi connectivity index (χ2n) is 3.89. The summed E-state index contributed by atoms with van der Waals surface area (Å²) in [7, 11) is 1.86. The van der Waals surface area contributed by atoms with Gasteiger partial charge in [-0.1, -0.05) is 19.3 Å². The minimum atomic E-state index is -0.690. The lowest BCUT2D eigenvalue weighted by atomic mass is 9.83. The van der Waals surface area contributed by atoms with Crippen molar-refractivity contribution < 1.29 is 9.90 Å². The fourth-order valence-electron chi connectivity index (χ4n) is 2.23. The Morgan fingerprint density at radius 2 is 2.08 bits per heavy atom. The van der Waals surface area contributed by atoms with Gasteiger partial charge in [-0.25, -0.2) is 0 Å². The molecule has 2 N–H and O–H groups in total. The second-order valence-corrected chi connectivity index (χ2v) is 3.89. The molecule has 0 radical (unpaired) electrons. The van der Waals surface area contributed by atoms with Gasteiger partial charge in [0.1, 0.15) is 0 Å². The van der Waals surface area contributed by atoms with Crippen molar-refractivity contribution in [3.8, 4) is 0 Å². The zero-order valence-corrected chi connectivity index (χ0v) is 8.25. The number of nitrogens with one attached hydrogen (secondary N) is 1. The van der Waals surface area contributed by atoms with Crippen LogP contribution in [0.5, 0.6) is 0 Å². The normalized spacial score (nSPS) is 21.3. The largest absolute Gasteiger partial charge is 0.481 e. The first-order valence-electron chi connectivity index (χ1n) is 5.13. The minimum Gasteiger partial charge on any atom is -0.481 e. The van der Waals surface area contributed by atoms with Crippen LogP contribution in [0.2, 0.25) is 0 Å². The van der Waals surface area contributed by atoms with Gasteiger partial charge in [0.05, 0.1) is 6.42 Å². The van der Waals surface area contributed by atoms with E-state index in [1.165, 1.54) is 32.1 Å². The van der Waals surface area contributed by atoms with E-state index in [0.717, 1.165) is 0 Å². The van der Waals surface area contributed by atoms with Gasteiger partial charge in [-0.05, 0) is 25.8 Å². The van der Waals surface area contributed by atoms with Gasteiger partial charge in [0.2, 0.25) is 0 Å². The molecule has 1 saturated carbocycles. The molecule has 3 heteroatoms. The van der Waals surface area contributed by atoms with E-state index in [4.69, 9.17) is 5.11 Å². The number of hydrogen-bond acceptors (Lipinski definition) is 2. The molecule has 1 unspecified atom stereocenters. The van der Waals surface area contributed by atoms with E-state index in [-0.39, 0.29) is 12.5 Å². The van der Waals surface area contributed by atoms with Crippen LogP contribution in [0.3, 0.4) is 0 Å². The number of carboxylic acid groups (broad SMARTS) is 1. The van der Waals surface area contributed by atoms with Gasteiger partial charge >= 0.3 is 5.97 Å². The van der Waals surface area contributed by atoms with Crippen LogP contribution in [0.25, 0.3) is 0 Å². The summed E-state index contributed by atoms with van der Waals surface area (Å²) in [5, 5.41) is 11.8. The highest BCUT2D eigenvalue weighted by Gasteiger charge is 2.23. The Labute approximate surface area is 79.5 Å². The van der Waals surface area contributed by atoms with Crippen LogP contribution in [0.15, 0.2) is 0 Å². The van der Waals surface area contributed by atoms with Crippen molar-refractivity contribution in [2.45, 2.75) is 44.6 Å². The maximum absolute atomic E-state index is 10.6. The van der Waals surface area contributed by atoms with E-state index in [1.807, 2.05) is 7.05 Å². The van der Waals surface area contributed by atoms with Gasteiger partial charge in [0, 0.05) is 6.04 Å². The van der Waals surface area contributed by atoms with Gasteiger partial charge in [-0.3, -0.25) is 4.79 Å². The highest BCUT2D eigenvalue weighted by molar-refractivity contribution is 5.67. The molecular formula is C10H19NO2. The highest BCUT2D eigenvalue weighted by Crippen LogP contribution is 2.27. The van der Waals surface area contributed by atoms with Crippen molar-refractivity contribution in [2.24, 2.45) is 5.92 Å². The molecule has 0 spiro atoms. The lowest BCUT2D eigenvalue weighted by Crippen LogP contribution is -2.36. The molecule has 1 aliphatic carbocycles. The van der Waals surface area contributed by atoms with Crippen molar-refractivity contribution in [1.82, 2.24) is 5.32 Å². The molecule has 0 saturated heterocycles. The molecule has 0 aromatic rings. The molecule has 1 atom stereocenters. The summed E-state index contributed by atoms with van der Waals surface area (Å²) in [5.41, 5.74) is 0. The van der Waals surface area contributed by atoms with E-state index < -0.39 is 5.97 Å². The van der Waals surface area contributed by atoms with Crippen LogP contribution < -0.4 is 5.32 Å². The summed E-state index contributed by atoms with van der Waals surface area (Å²) in [6.07, 6.45) is 6.50. The third kappa shape index (κ3) is 3.35. The summed E-state index contributed by atoms with van der Waals surface area (Å²) in [4.78, 5) is 10.6. The van der Waals surface area contributed by atoms with E-state index in [0.29, 0.717) is 5.92 Å². The zero-order valence-electron chi connectivity index (χ0n) is 8.25. The predicted molar refractivity (Wildman–Crippen MR) is 51.7 cm³/mol. The standard InChI is InChI=1S/C10H19NO2/c1-11-9(7-10(12)13)8-5-3-2-4-6-8/h8-9,11H,2-7H2,1H3,(H,12,13). The summed E-state index contributed by atoms with van der Waals surface area (Å²) >= 11 is 0. The maximum atomic E-state index is 10.6. The Hall–Kier alpha value is -0.570. The van der Waals surface area contributed by atoms with E-state index in [2.05, 4.69) is 5.32 Å². The van der Waals surface area contributed by atoms with Gasteiger partial charge in [-0.15, -0.1) is 0 Å². The molecule has 1 fully saturated rings. The first-order valence-corrected chi connectivity index (χ1v) is 5.13. The number of rotatable bonds is 4. The van der Waals surface area contributed by atoms with Crippen molar-refractivity contribution in [2.75, 3.05) is 7.05 Å². The van der Waals surface area contributed by atoms with Crippen molar-refractivity contribution in [3.05, 3.63) is 0 Å². The lowest BCUT2D eigenvalue weighted by Gasteiger charge is -2.28. The Morgan fingerprint density at radius 3 is 2.54 bits per heavy atom. The molecule has 3 nitrogen and oxygen atoms in total. The molecule has 0 aromatic heterocycles. The van der Waals surface area contributed by atoms with Crippen molar-refractivity contribution in [3.63, 3.8) is 0 Å². The van der Waals surface area contributed by atoms with Crippen molar-refractivity contribution >= 4 is 5.97 Å². The van der Waals surface area contributed by atoms with E-state index in [9.17, 15) is 4.79 Å². The molecule has 0 amide bonds. The Morgan fingerprint density at radius 1 is 1.46 bits per heavy atom. The summed E-state index contributed by atoms with van der Waals surface area (Å²) in [6.45, 7) is 0. The quantitative estimate of drug-likeness (QED) is 0.700. The molecule has 76 valence electrons. The number of aliphatic carboxylic acids is 1. The average molecular weight is 185 g/mol. The van der Waals surface area contributed by atoms with E-state index in [1.54, 1.807) is 0 Å². The summed E-state index contributed by atoms with van der Waals surface area (Å²) < 4.78 is 0. The van der Waals surface area contributed by atoms with Gasteiger partial charge in [-0.2, -0.15) is 0 Å². The predicted octanol–water partition coefficient (Wildman–Crippen LogP) is 1.63. The number of carboxylic acids is 1. The molecule has 0 bridgehead atoms. The topological polar surface area (TPSA) is 49.3 Å². The number of carbonyl (C=O) groups is 1. The minimum absolute atomic E-state index is 0.179. The first-order chi connectivity index (χ1) is 6.24. The highest BCUT2D eigenvalue weighted by atomic mass is 16.4. The van der Waals surface area contributed by atoms with Crippen molar-refractivity contribution in [1.29, 1.82) is 0 Å². The second kappa shape index (κ2) is 5.22. The molecule has 1 aliphatic rings. The smallest absolute Gasteiger partial charge is 0.304 e. The van der Waals surface area contributed by atoms with Crippen LogP contribution in [-0.2, 0) is 4.79 Å². The lowest BCUT2D eigenvalue weighted by molar-refractivity contribution is -0.138. The van der Waals surface area contributed by atoms with E-state index >= 15 is 0 Å². The van der Waals surface area contributed by atoms with Crippen LogP contribution >= 0.6 is 0 Å². The third-order valence-electron chi connectivity index (χ3n) is 2.98. The Bertz CT molecular complexity index is 164. The summed E-state index contributed by atoms with van der Waals surface area (Å²) in [6, 6.07) is 0.179. The van der Waals surface area contributed by atoms with Gasteiger partial charge in [0.15, 0.2) is 0 Å². The van der Waals surface area contributed by atoms with Gasteiger partial charge < -0.3 is 10.4 Å². The average Bonchev–Trinajstić information content (AvgIpc) is 2.15. The fraction of sp³-hybridized carbons (Fsp3) is 0.900. The Kier molecular flexibility index (Phi) is 4.22. The molecule has 13 heavy (non-hydrogen) atoms. The van der Waals surface area contributed by atoms with Crippen LogP contribution in [0.1, 0.15) is 38.5 Å². The fourth-order valence-corrected chi connectivity index (χ4v) is 2.23. The van der Waals surface area contributed by atoms with Gasteiger partial charge in [0.25, 0.3) is 0 Å². The SMILES string of the molecule is CNC(CC(=O)O)C1CCCCC1. The zero-order chi connectivity index (χ0) is 9.68. The molecular weight excluding hydrogens is 166 g/mol. The monoisotopic (exact) mass is 185 g/mol. The molecule has 0 heterocycles. The molecule has 1 rings (SSSR count). The van der Waals surface area contributed by atoms with Crippen LogP contribution in [0, 0.1) is 5.92 Å². The molecule has 0 aromatic carbocycles. The molecule has 0 aliphatic heterocycles.